The fourth-order valence-corrected chi connectivity index (χ4v) is 4.69. The molecule has 12 heteroatoms. The number of rotatable bonds is 10. The first-order chi connectivity index (χ1) is 17.5. The molecule has 1 aliphatic rings. The second kappa shape index (κ2) is 9.90. The van der Waals surface area contributed by atoms with E-state index in [1.54, 1.807) is 34.1 Å². The van der Waals surface area contributed by atoms with E-state index in [0.717, 1.165) is 17.7 Å². The number of hydrogen-bond acceptors (Lipinski definition) is 8. The molecule has 1 fully saturated rings. The number of aromatic amines is 1. The number of methoxy groups -OCH3 is 3. The first-order valence-electron chi connectivity index (χ1n) is 11.4. The van der Waals surface area contributed by atoms with Gasteiger partial charge in [0, 0.05) is 18.2 Å². The maximum Gasteiger partial charge on any atom is 0.346 e. The van der Waals surface area contributed by atoms with Crippen LogP contribution in [0.3, 0.4) is 0 Å². The van der Waals surface area contributed by atoms with Crippen molar-refractivity contribution in [1.82, 2.24) is 29.9 Å². The molecule has 1 aromatic carbocycles. The van der Waals surface area contributed by atoms with Gasteiger partial charge in [0.25, 0.3) is 5.91 Å². The number of amides is 1. The van der Waals surface area contributed by atoms with Crippen LogP contribution in [0.5, 0.6) is 17.2 Å². The summed E-state index contributed by atoms with van der Waals surface area (Å²) in [5, 5.41) is 16.4. The van der Waals surface area contributed by atoms with Gasteiger partial charge in [0.15, 0.2) is 17.3 Å². The van der Waals surface area contributed by atoms with Crippen LogP contribution < -0.4 is 25.2 Å². The number of H-pyrrole nitrogens is 1. The van der Waals surface area contributed by atoms with E-state index in [-0.39, 0.29) is 36.4 Å². The minimum Gasteiger partial charge on any atom is -0.493 e. The van der Waals surface area contributed by atoms with E-state index in [2.05, 4.69) is 20.6 Å². The van der Waals surface area contributed by atoms with Gasteiger partial charge in [0.05, 0.1) is 38.4 Å². The topological polar surface area (TPSA) is 125 Å². The molecule has 2 N–H and O–H groups in total. The lowest BCUT2D eigenvalue weighted by Gasteiger charge is -2.13. The molecular weight excluding hydrogens is 484 g/mol. The molecule has 1 amide bonds. The van der Waals surface area contributed by atoms with Gasteiger partial charge in [-0.25, -0.2) is 9.48 Å². The molecule has 0 radical (unpaired) electrons. The molecule has 0 spiro atoms. The van der Waals surface area contributed by atoms with Crippen molar-refractivity contribution in [2.45, 2.75) is 25.4 Å². The minimum atomic E-state index is -0.339. The van der Waals surface area contributed by atoms with Crippen molar-refractivity contribution in [3.63, 3.8) is 0 Å². The summed E-state index contributed by atoms with van der Waals surface area (Å²) >= 11 is 1.55. The lowest BCUT2D eigenvalue weighted by molar-refractivity contribution is 0.0946. The number of hydrogen-bond donors (Lipinski definition) is 2. The highest BCUT2D eigenvalue weighted by Gasteiger charge is 2.30. The maximum absolute atomic E-state index is 12.9. The van der Waals surface area contributed by atoms with Gasteiger partial charge in [-0.3, -0.25) is 14.5 Å². The molecule has 11 nitrogen and oxygen atoms in total. The lowest BCUT2D eigenvalue weighted by Crippen LogP contribution is -2.32. The van der Waals surface area contributed by atoms with Gasteiger partial charge in [-0.15, -0.1) is 16.4 Å². The summed E-state index contributed by atoms with van der Waals surface area (Å²) in [6.45, 7) is 0.499. The highest BCUT2D eigenvalue weighted by Crippen LogP contribution is 2.41. The third kappa shape index (κ3) is 4.47. The summed E-state index contributed by atoms with van der Waals surface area (Å²) in [6, 6.07) is 9.26. The van der Waals surface area contributed by atoms with Gasteiger partial charge in [0.1, 0.15) is 5.69 Å². The molecule has 3 heterocycles. The van der Waals surface area contributed by atoms with E-state index in [1.807, 2.05) is 17.5 Å². The second-order valence-electron chi connectivity index (χ2n) is 8.24. The predicted octanol–water partition coefficient (Wildman–Crippen LogP) is 2.95. The number of nitrogens with zero attached hydrogens (tertiary/aromatic N) is 4. The number of thiophene rings is 1. The van der Waals surface area contributed by atoms with E-state index >= 15 is 0 Å². The van der Waals surface area contributed by atoms with Crippen molar-refractivity contribution in [1.29, 1.82) is 0 Å². The molecular formula is C24H26N6O5S. The number of ether oxygens (including phenoxy) is 3. The van der Waals surface area contributed by atoms with E-state index in [1.165, 1.54) is 26.0 Å². The third-order valence-electron chi connectivity index (χ3n) is 5.92. The summed E-state index contributed by atoms with van der Waals surface area (Å²) in [5.41, 5.74) is 1.37. The molecule has 0 unspecified atom stereocenters. The number of carbonyl (C=O) groups is 1. The zero-order valence-electron chi connectivity index (χ0n) is 20.1. The van der Waals surface area contributed by atoms with Gasteiger partial charge < -0.3 is 19.5 Å². The molecule has 188 valence electrons. The summed E-state index contributed by atoms with van der Waals surface area (Å²) < 4.78 is 19.3. The first kappa shape index (κ1) is 23.7. The van der Waals surface area contributed by atoms with E-state index in [4.69, 9.17) is 14.2 Å². The quantitative estimate of drug-likeness (QED) is 0.336. The second-order valence-corrected chi connectivity index (χ2v) is 9.19. The maximum atomic E-state index is 12.9. The van der Waals surface area contributed by atoms with Crippen LogP contribution in [-0.4, -0.2) is 58.3 Å². The fourth-order valence-electron chi connectivity index (χ4n) is 3.99. The Morgan fingerprint density at radius 3 is 2.53 bits per heavy atom. The van der Waals surface area contributed by atoms with E-state index < -0.39 is 0 Å². The molecule has 0 aliphatic heterocycles. The van der Waals surface area contributed by atoms with Crippen LogP contribution in [0.15, 0.2) is 40.5 Å². The lowest BCUT2D eigenvalue weighted by atomic mass is 10.1. The van der Waals surface area contributed by atoms with Gasteiger partial charge >= 0.3 is 5.69 Å². The summed E-state index contributed by atoms with van der Waals surface area (Å²) in [4.78, 5) is 26.6. The molecule has 4 aromatic rings. The molecule has 3 aromatic heterocycles. The van der Waals surface area contributed by atoms with Crippen LogP contribution in [0.4, 0.5) is 0 Å². The Labute approximate surface area is 210 Å². The van der Waals surface area contributed by atoms with Crippen molar-refractivity contribution < 1.29 is 19.0 Å². The molecule has 1 saturated carbocycles. The number of benzene rings is 1. The predicted molar refractivity (Wildman–Crippen MR) is 134 cm³/mol. The normalized spacial score (nSPS) is 13.0. The van der Waals surface area contributed by atoms with Crippen molar-refractivity contribution in [2.75, 3.05) is 27.9 Å². The van der Waals surface area contributed by atoms with Crippen LogP contribution in [0.2, 0.25) is 0 Å². The highest BCUT2D eigenvalue weighted by molar-refractivity contribution is 7.13. The number of nitrogens with one attached hydrogen (secondary N) is 2. The van der Waals surface area contributed by atoms with Gasteiger partial charge in [-0.2, -0.15) is 5.10 Å². The van der Waals surface area contributed by atoms with Crippen LogP contribution in [-0.2, 0) is 6.54 Å². The van der Waals surface area contributed by atoms with Crippen LogP contribution >= 0.6 is 11.3 Å². The zero-order valence-corrected chi connectivity index (χ0v) is 20.9. The average molecular weight is 511 g/mol. The zero-order chi connectivity index (χ0) is 25.2. The largest absolute Gasteiger partial charge is 0.493 e. The molecule has 0 saturated heterocycles. The summed E-state index contributed by atoms with van der Waals surface area (Å²) in [6.07, 6.45) is 1.96. The van der Waals surface area contributed by atoms with Crippen molar-refractivity contribution in [2.24, 2.45) is 0 Å². The molecule has 5 rings (SSSR count). The Morgan fingerprint density at radius 1 is 1.17 bits per heavy atom. The smallest absolute Gasteiger partial charge is 0.346 e. The average Bonchev–Trinajstić information content (AvgIpc) is 3.28. The monoisotopic (exact) mass is 510 g/mol. The molecule has 0 atom stereocenters. The summed E-state index contributed by atoms with van der Waals surface area (Å²) in [7, 11) is 4.60. The SMILES string of the molecule is COc1cc(-c2cc(C(=O)NCCn3nc(-c4cccs4)n(C4CC4)c3=O)[nH]n2)cc(OC)c1OC. The first-order valence-corrected chi connectivity index (χ1v) is 12.3. The van der Waals surface area contributed by atoms with Crippen LogP contribution in [0.1, 0.15) is 29.4 Å². The van der Waals surface area contributed by atoms with Gasteiger partial charge in [0.2, 0.25) is 5.75 Å². The van der Waals surface area contributed by atoms with Crippen molar-refractivity contribution in [3.8, 4) is 39.2 Å². The molecule has 36 heavy (non-hydrogen) atoms. The van der Waals surface area contributed by atoms with Gasteiger partial charge in [-0.1, -0.05) is 6.07 Å². The van der Waals surface area contributed by atoms with Crippen LogP contribution in [0.25, 0.3) is 22.0 Å². The number of aromatic nitrogens is 5. The van der Waals surface area contributed by atoms with E-state index in [0.29, 0.717) is 34.3 Å². The fraction of sp³-hybridized carbons (Fsp3) is 0.333. The highest BCUT2D eigenvalue weighted by atomic mass is 32.1. The Morgan fingerprint density at radius 2 is 1.92 bits per heavy atom. The Kier molecular flexibility index (Phi) is 6.51. The molecule has 1 aliphatic carbocycles. The van der Waals surface area contributed by atoms with Crippen molar-refractivity contribution in [3.05, 3.63) is 51.9 Å². The molecule has 0 bridgehead atoms. The van der Waals surface area contributed by atoms with E-state index in [9.17, 15) is 9.59 Å². The van der Waals surface area contributed by atoms with Gasteiger partial charge in [-0.05, 0) is 42.5 Å². The Balaban J connectivity index is 1.28. The number of carbonyl (C=O) groups excluding carboxylic acids is 1. The van der Waals surface area contributed by atoms with Crippen molar-refractivity contribution >= 4 is 17.2 Å². The Bertz CT molecular complexity index is 1410. The summed E-state index contributed by atoms with van der Waals surface area (Å²) in [5.74, 6) is 1.79. The Hall–Kier alpha value is -4.06. The minimum absolute atomic E-state index is 0.152. The third-order valence-corrected chi connectivity index (χ3v) is 6.78. The standard InChI is InChI=1S/C24H26N6O5S/c1-33-18-11-14(12-19(34-2)21(18)35-3)16-13-17(27-26-16)23(31)25-8-9-29-24(32)30(15-6-7-15)22(28-29)20-5-4-10-36-20/h4-5,10-13,15H,6-9H2,1-3H3,(H,25,31)(H,26,27). The van der Waals surface area contributed by atoms with Crippen LogP contribution in [0, 0.1) is 0 Å².